The van der Waals surface area contributed by atoms with Gasteiger partial charge in [-0.15, -0.1) is 11.8 Å². The van der Waals surface area contributed by atoms with Crippen LogP contribution in [0.5, 0.6) is 0 Å². The van der Waals surface area contributed by atoms with Crippen molar-refractivity contribution < 1.29 is 19.5 Å². The van der Waals surface area contributed by atoms with Crippen LogP contribution in [0.3, 0.4) is 0 Å². The van der Waals surface area contributed by atoms with Crippen molar-refractivity contribution in [2.45, 2.75) is 48.4 Å². The van der Waals surface area contributed by atoms with Gasteiger partial charge in [0.2, 0.25) is 17.7 Å². The van der Waals surface area contributed by atoms with Crippen molar-refractivity contribution in [3.05, 3.63) is 60.2 Å². The van der Waals surface area contributed by atoms with E-state index in [9.17, 15) is 19.5 Å². The molecule has 0 aromatic heterocycles. The maximum absolute atomic E-state index is 14.3. The minimum atomic E-state index is -0.875. The third kappa shape index (κ3) is 3.56. The van der Waals surface area contributed by atoms with Gasteiger partial charge < -0.3 is 19.8 Å². The highest BCUT2D eigenvalue weighted by atomic mass is 32.2. The average Bonchev–Trinajstić information content (AvgIpc) is 3.13. The summed E-state index contributed by atoms with van der Waals surface area (Å²) in [5.41, 5.74) is 1.02. The van der Waals surface area contributed by atoms with Crippen LogP contribution in [0.25, 0.3) is 0 Å². The standard InChI is InChI=1S/C27H33N3O4S/c1-4-19(17-31)30-22-25(34)29(16-18-10-6-5-7-11-18)15-9-13-27(22)21(24(30)33)20-23(32)28(3)14-8-12-26(20,2)35-27/h5-13,19-22,31H,4,14-17H2,1-3H3/t19-,20-,21-,22?,26+,27-/m0/s1. The van der Waals surface area contributed by atoms with Crippen molar-refractivity contribution >= 4 is 29.5 Å². The molecule has 4 aliphatic heterocycles. The number of likely N-dealkylation sites (N-methyl/N-ethyl adjacent to an activating group) is 1. The van der Waals surface area contributed by atoms with Crippen molar-refractivity contribution in [1.82, 2.24) is 14.7 Å². The summed E-state index contributed by atoms with van der Waals surface area (Å²) in [6, 6.07) is 8.56. The van der Waals surface area contributed by atoms with Gasteiger partial charge in [-0.05, 0) is 18.9 Å². The lowest BCUT2D eigenvalue weighted by molar-refractivity contribution is -0.147. The molecule has 0 aliphatic carbocycles. The number of benzene rings is 1. The van der Waals surface area contributed by atoms with Crippen LogP contribution in [0.15, 0.2) is 54.6 Å². The molecule has 2 saturated heterocycles. The first kappa shape index (κ1) is 24.1. The number of hydrogen-bond donors (Lipinski definition) is 1. The Morgan fingerprint density at radius 3 is 2.43 bits per heavy atom. The average molecular weight is 496 g/mol. The Bertz CT molecular complexity index is 1090. The molecular formula is C27H33N3O4S. The van der Waals surface area contributed by atoms with E-state index in [-0.39, 0.29) is 24.3 Å². The third-order valence-electron chi connectivity index (χ3n) is 8.07. The van der Waals surface area contributed by atoms with Gasteiger partial charge in [-0.3, -0.25) is 14.4 Å². The molecular weight excluding hydrogens is 462 g/mol. The van der Waals surface area contributed by atoms with Crippen LogP contribution in [0.2, 0.25) is 0 Å². The number of amides is 3. The van der Waals surface area contributed by atoms with Crippen LogP contribution in [0.1, 0.15) is 25.8 Å². The maximum Gasteiger partial charge on any atom is 0.247 e. The molecule has 1 aromatic rings. The molecule has 8 heteroatoms. The zero-order chi connectivity index (χ0) is 25.0. The zero-order valence-corrected chi connectivity index (χ0v) is 21.3. The van der Waals surface area contributed by atoms with Gasteiger partial charge in [0.1, 0.15) is 6.04 Å². The zero-order valence-electron chi connectivity index (χ0n) is 20.5. The van der Waals surface area contributed by atoms with Crippen molar-refractivity contribution in [2.24, 2.45) is 11.8 Å². The Kier molecular flexibility index (Phi) is 6.08. The number of aliphatic hydroxyl groups excluding tert-OH is 1. The predicted molar refractivity (Wildman–Crippen MR) is 135 cm³/mol. The van der Waals surface area contributed by atoms with Crippen molar-refractivity contribution in [3.63, 3.8) is 0 Å². The van der Waals surface area contributed by atoms with E-state index in [1.54, 1.807) is 33.5 Å². The number of nitrogens with zero attached hydrogens (tertiary/aromatic N) is 3. The van der Waals surface area contributed by atoms with E-state index in [1.807, 2.05) is 62.4 Å². The first-order valence-electron chi connectivity index (χ1n) is 12.3. The Morgan fingerprint density at radius 1 is 1.03 bits per heavy atom. The largest absolute Gasteiger partial charge is 0.394 e. The smallest absolute Gasteiger partial charge is 0.247 e. The fourth-order valence-corrected chi connectivity index (χ4v) is 8.53. The number of thioether (sulfide) groups is 1. The molecule has 1 aromatic carbocycles. The lowest BCUT2D eigenvalue weighted by Crippen LogP contribution is -2.56. The van der Waals surface area contributed by atoms with E-state index < -0.39 is 33.4 Å². The van der Waals surface area contributed by atoms with Crippen LogP contribution >= 0.6 is 11.8 Å². The monoisotopic (exact) mass is 495 g/mol. The number of rotatable bonds is 5. The Balaban J connectivity index is 1.63. The topological polar surface area (TPSA) is 81.2 Å². The van der Waals surface area contributed by atoms with E-state index in [4.69, 9.17) is 0 Å². The molecule has 6 atom stereocenters. The molecule has 1 N–H and O–H groups in total. The SMILES string of the molecule is CC[C@@H](CO)N1C(=O)[C@@H]2[C@H]3C(=O)N(C)CC=C[C@@]3(C)S[C@@]23C=CCN(Cc2ccccc2)C(=O)C13. The molecule has 0 bridgehead atoms. The molecule has 3 amide bonds. The quantitative estimate of drug-likeness (QED) is 0.633. The summed E-state index contributed by atoms with van der Waals surface area (Å²) in [5, 5.41) is 10.2. The van der Waals surface area contributed by atoms with Crippen LogP contribution in [0, 0.1) is 11.8 Å². The van der Waals surface area contributed by atoms with Gasteiger partial charge >= 0.3 is 0 Å². The molecule has 186 valence electrons. The molecule has 1 spiro atoms. The molecule has 7 nitrogen and oxygen atoms in total. The molecule has 1 unspecified atom stereocenters. The minimum absolute atomic E-state index is 0.0656. The van der Waals surface area contributed by atoms with E-state index in [2.05, 4.69) is 6.08 Å². The summed E-state index contributed by atoms with van der Waals surface area (Å²) in [5.74, 6) is -1.64. The summed E-state index contributed by atoms with van der Waals surface area (Å²) in [6.07, 6.45) is 8.59. The van der Waals surface area contributed by atoms with Gasteiger partial charge in [-0.25, -0.2) is 0 Å². The van der Waals surface area contributed by atoms with Gasteiger partial charge in [0.25, 0.3) is 0 Å². The van der Waals surface area contributed by atoms with Crippen LogP contribution in [-0.2, 0) is 20.9 Å². The van der Waals surface area contributed by atoms with Crippen LogP contribution in [0.4, 0.5) is 0 Å². The summed E-state index contributed by atoms with van der Waals surface area (Å²) < 4.78 is -1.48. The molecule has 4 aliphatic rings. The van der Waals surface area contributed by atoms with Gasteiger partial charge in [-0.1, -0.05) is 61.6 Å². The highest BCUT2D eigenvalue weighted by molar-refractivity contribution is 8.02. The highest BCUT2D eigenvalue weighted by Gasteiger charge is 2.74. The van der Waals surface area contributed by atoms with E-state index in [1.165, 1.54) is 0 Å². The Morgan fingerprint density at radius 2 is 1.74 bits per heavy atom. The van der Waals surface area contributed by atoms with E-state index >= 15 is 0 Å². The van der Waals surface area contributed by atoms with Crippen LogP contribution in [-0.4, -0.2) is 85.8 Å². The summed E-state index contributed by atoms with van der Waals surface area (Å²) in [6.45, 7) is 5.08. The van der Waals surface area contributed by atoms with Gasteiger partial charge in [0, 0.05) is 31.4 Å². The molecule has 4 heterocycles. The normalized spacial score (nSPS) is 35.0. The summed E-state index contributed by atoms with van der Waals surface area (Å²) in [4.78, 5) is 47.2. The number of carbonyl (C=O) groups excluding carboxylic acids is 3. The summed E-state index contributed by atoms with van der Waals surface area (Å²) in [7, 11) is 1.76. The summed E-state index contributed by atoms with van der Waals surface area (Å²) >= 11 is 1.58. The predicted octanol–water partition coefficient (Wildman–Crippen LogP) is 2.07. The van der Waals surface area contributed by atoms with E-state index in [0.29, 0.717) is 26.1 Å². The Hall–Kier alpha value is -2.58. The second-order valence-electron chi connectivity index (χ2n) is 10.2. The Labute approximate surface area is 210 Å². The first-order chi connectivity index (χ1) is 16.8. The van der Waals surface area contributed by atoms with E-state index in [0.717, 1.165) is 5.56 Å². The fraction of sp³-hybridized carbons (Fsp3) is 0.519. The maximum atomic E-state index is 14.3. The molecule has 2 fully saturated rings. The van der Waals surface area contributed by atoms with Crippen molar-refractivity contribution in [1.29, 1.82) is 0 Å². The fourth-order valence-electron chi connectivity index (χ4n) is 6.38. The second-order valence-corrected chi connectivity index (χ2v) is 12.0. The van der Waals surface area contributed by atoms with Gasteiger partial charge in [-0.2, -0.15) is 0 Å². The number of fused-ring (bicyclic) bond motifs is 2. The number of likely N-dealkylation sites (tertiary alicyclic amines) is 1. The van der Waals surface area contributed by atoms with Gasteiger partial charge in [0.15, 0.2) is 0 Å². The first-order valence-corrected chi connectivity index (χ1v) is 13.2. The van der Waals surface area contributed by atoms with Crippen molar-refractivity contribution in [3.8, 4) is 0 Å². The molecule has 0 radical (unpaired) electrons. The second kappa shape index (κ2) is 8.82. The highest BCUT2D eigenvalue weighted by Crippen LogP contribution is 2.65. The number of carbonyl (C=O) groups is 3. The minimum Gasteiger partial charge on any atom is -0.394 e. The third-order valence-corrected chi connectivity index (χ3v) is 9.87. The number of hydrogen-bond acceptors (Lipinski definition) is 5. The van der Waals surface area contributed by atoms with Crippen LogP contribution < -0.4 is 0 Å². The lowest BCUT2D eigenvalue weighted by Gasteiger charge is -2.39. The molecule has 35 heavy (non-hydrogen) atoms. The molecule has 5 rings (SSSR count). The lowest BCUT2D eigenvalue weighted by atomic mass is 9.74. The number of aliphatic hydroxyl groups is 1. The van der Waals surface area contributed by atoms with Crippen molar-refractivity contribution in [2.75, 3.05) is 26.7 Å². The molecule has 0 saturated carbocycles. The van der Waals surface area contributed by atoms with Gasteiger partial charge in [0.05, 0.1) is 29.2 Å².